The minimum absolute atomic E-state index is 0.0840. The summed E-state index contributed by atoms with van der Waals surface area (Å²) in [6.07, 6.45) is 3.90. The van der Waals surface area contributed by atoms with Crippen LogP contribution in [0.4, 0.5) is 0 Å². The second-order valence-electron chi connectivity index (χ2n) is 4.27. The Morgan fingerprint density at radius 1 is 1.17 bits per heavy atom. The lowest BCUT2D eigenvalue weighted by Crippen LogP contribution is -2.35. The van der Waals surface area contributed by atoms with Gasteiger partial charge in [0, 0.05) is 12.1 Å². The first-order chi connectivity index (χ1) is 8.78. The summed E-state index contributed by atoms with van der Waals surface area (Å²) in [7, 11) is 0. The van der Waals surface area contributed by atoms with Crippen LogP contribution in [0.1, 0.15) is 11.1 Å². The van der Waals surface area contributed by atoms with Crippen molar-refractivity contribution in [2.24, 2.45) is 0 Å². The second kappa shape index (κ2) is 6.17. The summed E-state index contributed by atoms with van der Waals surface area (Å²) in [6, 6.07) is 11.9. The average molecular weight is 244 g/mol. The van der Waals surface area contributed by atoms with Gasteiger partial charge in [-0.3, -0.25) is 0 Å². The van der Waals surface area contributed by atoms with E-state index in [2.05, 4.69) is 13.0 Å². The van der Waals surface area contributed by atoms with Crippen molar-refractivity contribution in [1.29, 1.82) is 0 Å². The van der Waals surface area contributed by atoms with E-state index in [1.54, 1.807) is 0 Å². The Kier molecular flexibility index (Phi) is 4.31. The fourth-order valence-corrected chi connectivity index (χ4v) is 1.72. The van der Waals surface area contributed by atoms with E-state index in [0.717, 1.165) is 17.9 Å². The Labute approximate surface area is 107 Å². The molecular weight excluding hydrogens is 226 g/mol. The molecule has 2 rings (SSSR count). The molecule has 94 valence electrons. The Hall–Kier alpha value is -1.87. The van der Waals surface area contributed by atoms with Gasteiger partial charge in [0.15, 0.2) is 18.9 Å². The van der Waals surface area contributed by atoms with Crippen LogP contribution in [0, 0.1) is 6.92 Å². The van der Waals surface area contributed by atoms with Crippen molar-refractivity contribution in [2.75, 3.05) is 6.61 Å². The number of hydrogen-bond acceptors (Lipinski definition) is 2. The number of aryl methyl sites for hydroxylation is 1. The number of pyridine rings is 1. The number of aliphatic hydroxyl groups excluding tert-OH is 1. The van der Waals surface area contributed by atoms with Crippen molar-refractivity contribution in [3.63, 3.8) is 0 Å². The molecule has 0 aliphatic carbocycles. The highest BCUT2D eigenvalue weighted by atomic mass is 16.5. The Bertz CT molecular complexity index is 494. The molecule has 0 fully saturated rings. The lowest BCUT2D eigenvalue weighted by atomic mass is 10.2. The number of nitrogens with zero attached hydrogens (tertiary/aromatic N) is 1. The van der Waals surface area contributed by atoms with E-state index in [1.165, 1.54) is 5.56 Å². The van der Waals surface area contributed by atoms with Gasteiger partial charge in [-0.2, -0.15) is 0 Å². The SMILES string of the molecule is Cc1cccc(OCC[n+]2ccc(CO)cc2)c1. The molecule has 0 saturated heterocycles. The normalized spacial score (nSPS) is 10.3. The van der Waals surface area contributed by atoms with Gasteiger partial charge in [0.1, 0.15) is 12.4 Å². The first-order valence-corrected chi connectivity index (χ1v) is 6.06. The zero-order valence-corrected chi connectivity index (χ0v) is 10.5. The largest absolute Gasteiger partial charge is 0.487 e. The maximum absolute atomic E-state index is 8.95. The zero-order chi connectivity index (χ0) is 12.8. The average Bonchev–Trinajstić information content (AvgIpc) is 2.40. The van der Waals surface area contributed by atoms with Crippen LogP contribution in [0.3, 0.4) is 0 Å². The standard InChI is InChI=1S/C15H18NO2/c1-13-3-2-4-15(11-13)18-10-9-16-7-5-14(12-17)6-8-16/h2-8,11,17H,9-10,12H2,1H3/q+1. The van der Waals surface area contributed by atoms with Crippen LogP contribution in [0.25, 0.3) is 0 Å². The van der Waals surface area contributed by atoms with Crippen LogP contribution in [0.15, 0.2) is 48.8 Å². The topological polar surface area (TPSA) is 33.3 Å². The maximum atomic E-state index is 8.95. The number of hydrogen-bond donors (Lipinski definition) is 1. The van der Waals surface area contributed by atoms with Gasteiger partial charge in [0.05, 0.1) is 6.61 Å². The number of aliphatic hydroxyl groups is 1. The summed E-state index contributed by atoms with van der Waals surface area (Å²) in [5.74, 6) is 0.905. The Morgan fingerprint density at radius 3 is 2.61 bits per heavy atom. The molecule has 3 nitrogen and oxygen atoms in total. The van der Waals surface area contributed by atoms with Gasteiger partial charge < -0.3 is 9.84 Å². The number of benzene rings is 1. The number of ether oxygens (including phenoxy) is 1. The van der Waals surface area contributed by atoms with Crippen LogP contribution >= 0.6 is 0 Å². The second-order valence-corrected chi connectivity index (χ2v) is 4.27. The van der Waals surface area contributed by atoms with E-state index < -0.39 is 0 Å². The van der Waals surface area contributed by atoms with Crippen molar-refractivity contribution >= 4 is 0 Å². The molecule has 0 aliphatic rings. The monoisotopic (exact) mass is 244 g/mol. The fourth-order valence-electron chi connectivity index (χ4n) is 1.72. The van der Waals surface area contributed by atoms with Crippen molar-refractivity contribution in [3.05, 3.63) is 59.9 Å². The molecule has 2 aromatic rings. The summed E-state index contributed by atoms with van der Waals surface area (Å²) >= 11 is 0. The highest BCUT2D eigenvalue weighted by Gasteiger charge is 2.01. The maximum Gasteiger partial charge on any atom is 0.182 e. The molecule has 0 atom stereocenters. The van der Waals surface area contributed by atoms with Crippen LogP contribution in [0.5, 0.6) is 5.75 Å². The molecule has 3 heteroatoms. The molecule has 0 aliphatic heterocycles. The highest BCUT2D eigenvalue weighted by Crippen LogP contribution is 2.11. The summed E-state index contributed by atoms with van der Waals surface area (Å²) < 4.78 is 7.71. The van der Waals surface area contributed by atoms with E-state index >= 15 is 0 Å². The van der Waals surface area contributed by atoms with Crippen LogP contribution in [-0.4, -0.2) is 11.7 Å². The molecule has 0 unspecified atom stereocenters. The van der Waals surface area contributed by atoms with E-state index in [1.807, 2.05) is 47.3 Å². The molecule has 0 spiro atoms. The molecule has 1 N–H and O–H groups in total. The Morgan fingerprint density at radius 2 is 1.94 bits per heavy atom. The van der Waals surface area contributed by atoms with Gasteiger partial charge in [-0.05, 0) is 30.2 Å². The van der Waals surface area contributed by atoms with Gasteiger partial charge in [0.25, 0.3) is 0 Å². The minimum atomic E-state index is 0.0840. The van der Waals surface area contributed by atoms with Crippen molar-refractivity contribution in [1.82, 2.24) is 0 Å². The minimum Gasteiger partial charge on any atom is -0.487 e. The predicted molar refractivity (Wildman–Crippen MR) is 69.2 cm³/mol. The van der Waals surface area contributed by atoms with E-state index in [9.17, 15) is 0 Å². The lowest BCUT2D eigenvalue weighted by Gasteiger charge is -2.04. The summed E-state index contributed by atoms with van der Waals surface area (Å²) in [4.78, 5) is 0. The van der Waals surface area contributed by atoms with Crippen LogP contribution in [0.2, 0.25) is 0 Å². The highest BCUT2D eigenvalue weighted by molar-refractivity contribution is 5.27. The molecule has 0 saturated carbocycles. The first kappa shape index (κ1) is 12.6. The molecule has 0 radical (unpaired) electrons. The zero-order valence-electron chi connectivity index (χ0n) is 10.5. The van der Waals surface area contributed by atoms with Crippen molar-refractivity contribution < 1.29 is 14.4 Å². The molecule has 1 aromatic heterocycles. The third kappa shape index (κ3) is 3.57. The molecular formula is C15H18NO2+. The lowest BCUT2D eigenvalue weighted by molar-refractivity contribution is -0.697. The van der Waals surface area contributed by atoms with E-state index in [4.69, 9.17) is 9.84 Å². The fraction of sp³-hybridized carbons (Fsp3) is 0.267. The van der Waals surface area contributed by atoms with Gasteiger partial charge in [0.2, 0.25) is 0 Å². The summed E-state index contributed by atoms with van der Waals surface area (Å²) in [5, 5.41) is 8.95. The third-order valence-electron chi connectivity index (χ3n) is 2.75. The molecule has 18 heavy (non-hydrogen) atoms. The molecule has 0 amide bonds. The van der Waals surface area contributed by atoms with Crippen LogP contribution < -0.4 is 9.30 Å². The van der Waals surface area contributed by atoms with Gasteiger partial charge in [-0.15, -0.1) is 0 Å². The smallest absolute Gasteiger partial charge is 0.182 e. The predicted octanol–water partition coefficient (Wildman–Crippen LogP) is 1.85. The quantitative estimate of drug-likeness (QED) is 0.814. The third-order valence-corrected chi connectivity index (χ3v) is 2.75. The van der Waals surface area contributed by atoms with Gasteiger partial charge >= 0.3 is 0 Å². The number of rotatable bonds is 5. The Balaban J connectivity index is 1.84. The van der Waals surface area contributed by atoms with E-state index in [0.29, 0.717) is 6.61 Å². The number of aromatic nitrogens is 1. The molecule has 1 aromatic carbocycles. The van der Waals surface area contributed by atoms with Gasteiger partial charge in [-0.1, -0.05) is 12.1 Å². The van der Waals surface area contributed by atoms with Crippen LogP contribution in [-0.2, 0) is 13.2 Å². The van der Waals surface area contributed by atoms with Gasteiger partial charge in [-0.25, -0.2) is 4.57 Å². The van der Waals surface area contributed by atoms with Crippen molar-refractivity contribution in [3.8, 4) is 5.75 Å². The molecule has 0 bridgehead atoms. The summed E-state index contributed by atoms with van der Waals surface area (Å²) in [6.45, 7) is 3.56. The summed E-state index contributed by atoms with van der Waals surface area (Å²) in [5.41, 5.74) is 2.12. The van der Waals surface area contributed by atoms with Crippen molar-refractivity contribution in [2.45, 2.75) is 20.1 Å². The molecule has 1 heterocycles. The van der Waals surface area contributed by atoms with E-state index in [-0.39, 0.29) is 6.61 Å². The first-order valence-electron chi connectivity index (χ1n) is 6.06.